The molecule has 76 valence electrons. The van der Waals surface area contributed by atoms with Gasteiger partial charge in [-0.05, 0) is 23.3 Å². The van der Waals surface area contributed by atoms with Crippen LogP contribution >= 0.6 is 0 Å². The van der Waals surface area contributed by atoms with Crippen LogP contribution in [0.15, 0.2) is 54.6 Å². The molecule has 1 atom stereocenters. The number of nitrogen functional groups attached to an aromatic ring is 1. The van der Waals surface area contributed by atoms with E-state index in [4.69, 9.17) is 5.73 Å². The number of rotatable bonds is 2. The number of hydrogen-bond donors (Lipinski definition) is 1. The number of hydrogen-bond acceptors (Lipinski definition) is 1. The Morgan fingerprint density at radius 2 is 1.33 bits per heavy atom. The van der Waals surface area contributed by atoms with E-state index in [1.165, 1.54) is 11.1 Å². The third-order valence-corrected chi connectivity index (χ3v) is 2.74. The quantitative estimate of drug-likeness (QED) is 0.733. The van der Waals surface area contributed by atoms with E-state index >= 15 is 0 Å². The molecule has 2 aromatic carbocycles. The van der Waals surface area contributed by atoms with Crippen LogP contribution in [0.25, 0.3) is 0 Å². The molecule has 0 saturated heterocycles. The van der Waals surface area contributed by atoms with Gasteiger partial charge in [-0.2, -0.15) is 0 Å². The Morgan fingerprint density at radius 3 is 1.93 bits per heavy atom. The van der Waals surface area contributed by atoms with Gasteiger partial charge in [-0.25, -0.2) is 0 Å². The SMILES string of the molecule is C[C@@H](c1ccccc1)c1ccc(N)cc1. The molecule has 2 rings (SSSR count). The molecule has 2 aromatic rings. The second-order valence-corrected chi connectivity index (χ2v) is 3.80. The van der Waals surface area contributed by atoms with Crippen molar-refractivity contribution in [1.29, 1.82) is 0 Å². The van der Waals surface area contributed by atoms with Crippen molar-refractivity contribution in [3.05, 3.63) is 65.7 Å². The molecule has 0 spiro atoms. The number of anilines is 1. The van der Waals surface area contributed by atoms with E-state index in [2.05, 4.69) is 43.3 Å². The van der Waals surface area contributed by atoms with E-state index < -0.39 is 0 Å². The van der Waals surface area contributed by atoms with Crippen LogP contribution in [-0.2, 0) is 0 Å². The Balaban J connectivity index is 2.29. The summed E-state index contributed by atoms with van der Waals surface area (Å²) in [5.74, 6) is 0.423. The molecular weight excluding hydrogens is 182 g/mol. The van der Waals surface area contributed by atoms with Gasteiger partial charge in [0.2, 0.25) is 0 Å². The predicted molar refractivity (Wildman–Crippen MR) is 64.8 cm³/mol. The van der Waals surface area contributed by atoms with Gasteiger partial charge in [-0.1, -0.05) is 49.4 Å². The first-order valence-electron chi connectivity index (χ1n) is 5.18. The molecule has 2 N–H and O–H groups in total. The number of benzene rings is 2. The summed E-state index contributed by atoms with van der Waals surface area (Å²) in [5.41, 5.74) is 9.12. The summed E-state index contributed by atoms with van der Waals surface area (Å²) in [7, 11) is 0. The van der Waals surface area contributed by atoms with Crippen LogP contribution in [0.2, 0.25) is 0 Å². The maximum atomic E-state index is 5.67. The highest BCUT2D eigenvalue weighted by atomic mass is 14.5. The lowest BCUT2D eigenvalue weighted by Crippen LogP contribution is -1.95. The van der Waals surface area contributed by atoms with E-state index in [0.29, 0.717) is 5.92 Å². The molecular formula is C14H15N. The second kappa shape index (κ2) is 4.18. The molecule has 0 aliphatic heterocycles. The molecule has 0 aromatic heterocycles. The van der Waals surface area contributed by atoms with Gasteiger partial charge >= 0.3 is 0 Å². The second-order valence-electron chi connectivity index (χ2n) is 3.80. The van der Waals surface area contributed by atoms with Crippen molar-refractivity contribution in [1.82, 2.24) is 0 Å². The minimum atomic E-state index is 0.423. The van der Waals surface area contributed by atoms with Gasteiger partial charge in [0.25, 0.3) is 0 Å². The Labute approximate surface area is 90.6 Å². The molecule has 0 aliphatic carbocycles. The van der Waals surface area contributed by atoms with Gasteiger partial charge < -0.3 is 5.73 Å². The monoisotopic (exact) mass is 197 g/mol. The highest BCUT2D eigenvalue weighted by Crippen LogP contribution is 2.24. The molecule has 0 aliphatic rings. The summed E-state index contributed by atoms with van der Waals surface area (Å²) in [4.78, 5) is 0. The molecule has 0 fully saturated rings. The van der Waals surface area contributed by atoms with Crippen LogP contribution in [-0.4, -0.2) is 0 Å². The molecule has 0 saturated carbocycles. The van der Waals surface area contributed by atoms with E-state index in [-0.39, 0.29) is 0 Å². The van der Waals surface area contributed by atoms with E-state index in [9.17, 15) is 0 Å². The van der Waals surface area contributed by atoms with Crippen LogP contribution in [0.4, 0.5) is 5.69 Å². The van der Waals surface area contributed by atoms with Crippen LogP contribution in [0.3, 0.4) is 0 Å². The van der Waals surface area contributed by atoms with Gasteiger partial charge in [0.1, 0.15) is 0 Å². The van der Waals surface area contributed by atoms with Crippen molar-refractivity contribution in [2.24, 2.45) is 0 Å². The average Bonchev–Trinajstić information content (AvgIpc) is 2.30. The molecule has 0 amide bonds. The van der Waals surface area contributed by atoms with Crippen LogP contribution < -0.4 is 5.73 Å². The summed E-state index contributed by atoms with van der Waals surface area (Å²) in [6.45, 7) is 2.21. The lowest BCUT2D eigenvalue weighted by Gasteiger charge is -2.12. The first-order valence-corrected chi connectivity index (χ1v) is 5.18. The maximum Gasteiger partial charge on any atom is 0.0314 e. The summed E-state index contributed by atoms with van der Waals surface area (Å²) < 4.78 is 0. The van der Waals surface area contributed by atoms with Gasteiger partial charge in [0, 0.05) is 11.6 Å². The fourth-order valence-corrected chi connectivity index (χ4v) is 1.72. The third kappa shape index (κ3) is 2.18. The van der Waals surface area contributed by atoms with Crippen LogP contribution in [0.1, 0.15) is 24.0 Å². The van der Waals surface area contributed by atoms with E-state index in [0.717, 1.165) is 5.69 Å². The topological polar surface area (TPSA) is 26.0 Å². The first kappa shape index (κ1) is 9.78. The van der Waals surface area contributed by atoms with Gasteiger partial charge in [0.15, 0.2) is 0 Å². The van der Waals surface area contributed by atoms with Crippen molar-refractivity contribution in [2.45, 2.75) is 12.8 Å². The van der Waals surface area contributed by atoms with Gasteiger partial charge in [-0.3, -0.25) is 0 Å². The van der Waals surface area contributed by atoms with Crippen molar-refractivity contribution >= 4 is 5.69 Å². The van der Waals surface area contributed by atoms with Crippen LogP contribution in [0, 0.1) is 0 Å². The highest BCUT2D eigenvalue weighted by molar-refractivity contribution is 5.42. The molecule has 0 radical (unpaired) electrons. The van der Waals surface area contributed by atoms with E-state index in [1.54, 1.807) is 0 Å². The van der Waals surface area contributed by atoms with Crippen molar-refractivity contribution in [2.75, 3.05) is 5.73 Å². The lowest BCUT2D eigenvalue weighted by molar-refractivity contribution is 0.923. The summed E-state index contributed by atoms with van der Waals surface area (Å²) in [6.07, 6.45) is 0. The lowest BCUT2D eigenvalue weighted by atomic mass is 9.93. The normalized spacial score (nSPS) is 12.3. The van der Waals surface area contributed by atoms with Crippen LogP contribution in [0.5, 0.6) is 0 Å². The first-order chi connectivity index (χ1) is 7.27. The standard InChI is InChI=1S/C14H15N/c1-11(12-5-3-2-4-6-12)13-7-9-14(15)10-8-13/h2-11H,15H2,1H3/t11-/m0/s1. The summed E-state index contributed by atoms with van der Waals surface area (Å²) in [5, 5.41) is 0. The highest BCUT2D eigenvalue weighted by Gasteiger charge is 2.06. The van der Waals surface area contributed by atoms with Crippen molar-refractivity contribution < 1.29 is 0 Å². The molecule has 15 heavy (non-hydrogen) atoms. The zero-order valence-electron chi connectivity index (χ0n) is 8.85. The third-order valence-electron chi connectivity index (χ3n) is 2.74. The van der Waals surface area contributed by atoms with E-state index in [1.807, 2.05) is 18.2 Å². The van der Waals surface area contributed by atoms with Crippen molar-refractivity contribution in [3.8, 4) is 0 Å². The smallest absolute Gasteiger partial charge is 0.0314 e. The Hall–Kier alpha value is -1.76. The molecule has 1 nitrogen and oxygen atoms in total. The molecule has 1 heteroatoms. The van der Waals surface area contributed by atoms with Gasteiger partial charge in [0.05, 0.1) is 0 Å². The fourth-order valence-electron chi connectivity index (χ4n) is 1.72. The zero-order valence-corrected chi connectivity index (χ0v) is 8.85. The minimum absolute atomic E-state index is 0.423. The molecule has 0 bridgehead atoms. The zero-order chi connectivity index (χ0) is 10.7. The summed E-state index contributed by atoms with van der Waals surface area (Å²) >= 11 is 0. The Bertz CT molecular complexity index is 417. The fraction of sp³-hybridized carbons (Fsp3) is 0.143. The average molecular weight is 197 g/mol. The predicted octanol–water partition coefficient (Wildman–Crippen LogP) is 3.42. The van der Waals surface area contributed by atoms with Gasteiger partial charge in [-0.15, -0.1) is 0 Å². The number of nitrogens with two attached hydrogens (primary N) is 1. The largest absolute Gasteiger partial charge is 0.399 e. The van der Waals surface area contributed by atoms with Crippen molar-refractivity contribution in [3.63, 3.8) is 0 Å². The molecule has 0 heterocycles. The molecule has 0 unspecified atom stereocenters. The summed E-state index contributed by atoms with van der Waals surface area (Å²) in [6, 6.07) is 18.6. The Morgan fingerprint density at radius 1 is 0.800 bits per heavy atom. The Kier molecular flexibility index (Phi) is 2.72. The minimum Gasteiger partial charge on any atom is -0.399 e. The maximum absolute atomic E-state index is 5.67.